The Morgan fingerprint density at radius 1 is 1.40 bits per heavy atom. The third-order valence-corrected chi connectivity index (χ3v) is 4.66. The van der Waals surface area contributed by atoms with E-state index in [1.54, 1.807) is 6.20 Å². The molecule has 1 aliphatic heterocycles. The largest absolute Gasteiger partial charge is 0.487 e. The van der Waals surface area contributed by atoms with E-state index in [1.165, 1.54) is 0 Å². The quantitative estimate of drug-likeness (QED) is 0.818. The van der Waals surface area contributed by atoms with E-state index in [1.807, 2.05) is 51.4 Å². The molecule has 0 radical (unpaired) electrons. The first-order valence-electron chi connectivity index (χ1n) is 8.80. The number of pyridine rings is 1. The molecule has 1 N–H and O–H groups in total. The zero-order chi connectivity index (χ0) is 17.8. The molecule has 0 spiro atoms. The van der Waals surface area contributed by atoms with Crippen LogP contribution in [0.2, 0.25) is 0 Å². The minimum Gasteiger partial charge on any atom is -0.487 e. The van der Waals surface area contributed by atoms with Crippen LogP contribution in [-0.4, -0.2) is 48.0 Å². The number of piperidine rings is 1. The number of ether oxygens (including phenoxy) is 1. The first-order valence-corrected chi connectivity index (χ1v) is 8.80. The van der Waals surface area contributed by atoms with Crippen molar-refractivity contribution in [1.29, 1.82) is 0 Å². The van der Waals surface area contributed by atoms with Crippen molar-refractivity contribution in [2.24, 2.45) is 0 Å². The Balaban J connectivity index is 1.76. The average Bonchev–Trinajstić information content (AvgIpc) is 3.15. The van der Waals surface area contributed by atoms with Gasteiger partial charge in [-0.1, -0.05) is 0 Å². The molecule has 25 heavy (non-hydrogen) atoms. The summed E-state index contributed by atoms with van der Waals surface area (Å²) in [5, 5.41) is 0. The molecular formula is C19H26N4O2. The number of hydrogen-bond donors (Lipinski definition) is 1. The molecule has 0 aromatic carbocycles. The third-order valence-electron chi connectivity index (χ3n) is 4.66. The zero-order valence-electron chi connectivity index (χ0n) is 15.1. The van der Waals surface area contributed by atoms with E-state index < -0.39 is 0 Å². The monoisotopic (exact) mass is 342 g/mol. The van der Waals surface area contributed by atoms with Crippen molar-refractivity contribution in [3.05, 3.63) is 36.7 Å². The van der Waals surface area contributed by atoms with Crippen molar-refractivity contribution >= 4 is 17.9 Å². The number of rotatable bonds is 6. The second-order valence-electron chi connectivity index (χ2n) is 6.73. The van der Waals surface area contributed by atoms with Crippen LogP contribution in [0.5, 0.6) is 5.75 Å². The van der Waals surface area contributed by atoms with E-state index in [-0.39, 0.29) is 18.2 Å². The third kappa shape index (κ3) is 3.78. The summed E-state index contributed by atoms with van der Waals surface area (Å²) in [5.74, 6) is 2.62. The first-order chi connectivity index (χ1) is 12.1. The lowest BCUT2D eigenvalue weighted by Crippen LogP contribution is -2.50. The number of H-pyrrole nitrogens is 1. The Hall–Kier alpha value is -2.50. The minimum atomic E-state index is -0.141. The lowest BCUT2D eigenvalue weighted by atomic mass is 9.96. The van der Waals surface area contributed by atoms with Crippen LogP contribution >= 0.6 is 0 Å². The highest BCUT2D eigenvalue weighted by molar-refractivity contribution is 5.66. The molecule has 2 aromatic rings. The first kappa shape index (κ1) is 17.3. The Kier molecular flexibility index (Phi) is 5.26. The summed E-state index contributed by atoms with van der Waals surface area (Å²) in [6.07, 6.45) is 6.52. The van der Waals surface area contributed by atoms with Crippen molar-refractivity contribution in [2.75, 3.05) is 23.4 Å². The molecule has 0 amide bonds. The zero-order valence-corrected chi connectivity index (χ0v) is 15.1. The highest BCUT2D eigenvalue weighted by Crippen LogP contribution is 2.31. The molecule has 6 nitrogen and oxygen atoms in total. The van der Waals surface area contributed by atoms with Gasteiger partial charge in [0.2, 0.25) is 0 Å². The van der Waals surface area contributed by atoms with Crippen LogP contribution in [0.25, 0.3) is 0 Å². The number of hydrogen-bond acceptors (Lipinski definition) is 5. The summed E-state index contributed by atoms with van der Waals surface area (Å²) in [6.45, 7) is 4.84. The van der Waals surface area contributed by atoms with E-state index in [9.17, 15) is 4.79 Å². The van der Waals surface area contributed by atoms with Crippen molar-refractivity contribution in [1.82, 2.24) is 9.97 Å². The number of carbonyl (C=O) groups excluding carboxylic acids is 1. The smallest absolute Gasteiger partial charge is 0.171 e. The SMILES string of the molecule is CC(C)Oc1cccnc1N(C)C1CCN(c2ccc[nH]2)C(C=O)C1. The standard InChI is InChI=1S/C19H26N4O2/c1-14(2)25-17-6-4-10-21-19(17)22(3)15-8-11-23(16(12-15)13-24)18-7-5-9-20-18/h4-7,9-10,13-16,20H,8,11-12H2,1-3H3. The molecule has 3 rings (SSSR count). The predicted octanol–water partition coefficient (Wildman–Crippen LogP) is 2.87. The average molecular weight is 342 g/mol. The summed E-state index contributed by atoms with van der Waals surface area (Å²) in [4.78, 5) is 23.7. The topological polar surface area (TPSA) is 61.5 Å². The summed E-state index contributed by atoms with van der Waals surface area (Å²) in [6, 6.07) is 7.90. The van der Waals surface area contributed by atoms with Crippen LogP contribution < -0.4 is 14.5 Å². The Morgan fingerprint density at radius 3 is 2.92 bits per heavy atom. The second-order valence-corrected chi connectivity index (χ2v) is 6.73. The lowest BCUT2D eigenvalue weighted by Gasteiger charge is -2.41. The van der Waals surface area contributed by atoms with Crippen molar-refractivity contribution in [2.45, 2.75) is 44.9 Å². The van der Waals surface area contributed by atoms with Gasteiger partial charge in [0.15, 0.2) is 11.6 Å². The van der Waals surface area contributed by atoms with Gasteiger partial charge in [-0.2, -0.15) is 0 Å². The maximum atomic E-state index is 11.7. The Labute approximate surface area is 148 Å². The molecule has 6 heteroatoms. The molecule has 1 aliphatic rings. The second kappa shape index (κ2) is 7.59. The van der Waals surface area contributed by atoms with Gasteiger partial charge in [0.25, 0.3) is 0 Å². The molecule has 2 atom stereocenters. The van der Waals surface area contributed by atoms with Gasteiger partial charge in [-0.05, 0) is 51.0 Å². The molecule has 134 valence electrons. The number of nitrogens with one attached hydrogen (secondary N) is 1. The van der Waals surface area contributed by atoms with Crippen molar-refractivity contribution in [3.63, 3.8) is 0 Å². The van der Waals surface area contributed by atoms with Crippen molar-refractivity contribution in [3.8, 4) is 5.75 Å². The molecule has 0 aliphatic carbocycles. The van der Waals surface area contributed by atoms with Gasteiger partial charge in [-0.15, -0.1) is 0 Å². The van der Waals surface area contributed by atoms with Crippen LogP contribution in [0.1, 0.15) is 26.7 Å². The highest BCUT2D eigenvalue weighted by atomic mass is 16.5. The van der Waals surface area contributed by atoms with Gasteiger partial charge in [0.05, 0.1) is 12.1 Å². The molecule has 0 saturated carbocycles. The molecule has 0 bridgehead atoms. The summed E-state index contributed by atoms with van der Waals surface area (Å²) in [5.41, 5.74) is 0. The maximum absolute atomic E-state index is 11.7. The summed E-state index contributed by atoms with van der Waals surface area (Å²) >= 11 is 0. The Bertz CT molecular complexity index is 686. The summed E-state index contributed by atoms with van der Waals surface area (Å²) in [7, 11) is 2.03. The van der Waals surface area contributed by atoms with E-state index in [0.29, 0.717) is 0 Å². The highest BCUT2D eigenvalue weighted by Gasteiger charge is 2.32. The van der Waals surface area contributed by atoms with Gasteiger partial charge >= 0.3 is 0 Å². The number of carbonyl (C=O) groups is 1. The van der Waals surface area contributed by atoms with E-state index in [2.05, 4.69) is 19.8 Å². The van der Waals surface area contributed by atoms with Gasteiger partial charge in [-0.25, -0.2) is 4.98 Å². The van der Waals surface area contributed by atoms with E-state index in [4.69, 9.17) is 4.74 Å². The number of aromatic nitrogens is 2. The fourth-order valence-corrected chi connectivity index (χ4v) is 3.42. The molecule has 2 unspecified atom stereocenters. The number of nitrogens with zero attached hydrogens (tertiary/aromatic N) is 3. The van der Waals surface area contributed by atoms with E-state index >= 15 is 0 Å². The van der Waals surface area contributed by atoms with E-state index in [0.717, 1.165) is 43.1 Å². The van der Waals surface area contributed by atoms with Crippen LogP contribution in [0.3, 0.4) is 0 Å². The molecule has 3 heterocycles. The van der Waals surface area contributed by atoms with Crippen molar-refractivity contribution < 1.29 is 9.53 Å². The fraction of sp³-hybridized carbons (Fsp3) is 0.474. The summed E-state index contributed by atoms with van der Waals surface area (Å²) < 4.78 is 5.90. The minimum absolute atomic E-state index is 0.0915. The van der Waals surface area contributed by atoms with Crippen LogP contribution in [0.15, 0.2) is 36.7 Å². The normalized spacial score (nSPS) is 20.6. The molecule has 1 saturated heterocycles. The van der Waals surface area contributed by atoms with Gasteiger partial charge in [0, 0.05) is 32.0 Å². The van der Waals surface area contributed by atoms with Crippen LogP contribution in [0, 0.1) is 0 Å². The maximum Gasteiger partial charge on any atom is 0.171 e. The predicted molar refractivity (Wildman–Crippen MR) is 99.4 cm³/mol. The number of aromatic amines is 1. The molecular weight excluding hydrogens is 316 g/mol. The van der Waals surface area contributed by atoms with Gasteiger partial charge < -0.3 is 24.3 Å². The molecule has 1 fully saturated rings. The molecule has 2 aromatic heterocycles. The fourth-order valence-electron chi connectivity index (χ4n) is 3.42. The number of aldehydes is 1. The number of anilines is 2. The lowest BCUT2D eigenvalue weighted by molar-refractivity contribution is -0.109. The van der Waals surface area contributed by atoms with Gasteiger partial charge in [-0.3, -0.25) is 0 Å². The van der Waals surface area contributed by atoms with Gasteiger partial charge in [0.1, 0.15) is 12.1 Å². The Morgan fingerprint density at radius 2 is 2.24 bits per heavy atom. The van der Waals surface area contributed by atoms with Crippen LogP contribution in [0.4, 0.5) is 11.6 Å². The van der Waals surface area contributed by atoms with Crippen LogP contribution in [-0.2, 0) is 4.79 Å².